The maximum absolute atomic E-state index is 6.35. The van der Waals surface area contributed by atoms with Gasteiger partial charge in [0, 0.05) is 28.1 Å². The second kappa shape index (κ2) is 4.73. The van der Waals surface area contributed by atoms with Crippen LogP contribution in [0.5, 0.6) is 0 Å². The molecule has 2 nitrogen and oxygen atoms in total. The van der Waals surface area contributed by atoms with Gasteiger partial charge in [0.25, 0.3) is 0 Å². The number of rotatable bonds is 0. The molecule has 0 atom stereocenters. The number of benzene rings is 3. The molecule has 2 heteroatoms. The van der Waals surface area contributed by atoms with Crippen molar-refractivity contribution in [1.29, 1.82) is 0 Å². The number of hydrogen-bond acceptors (Lipinski definition) is 2. The van der Waals surface area contributed by atoms with Crippen molar-refractivity contribution in [3.63, 3.8) is 0 Å². The molecule has 0 saturated heterocycles. The monoisotopic (exact) mass is 335 g/mol. The molecule has 0 bridgehead atoms. The summed E-state index contributed by atoms with van der Waals surface area (Å²) in [7, 11) is 0. The summed E-state index contributed by atoms with van der Waals surface area (Å²) in [4.78, 5) is 5.06. The third-order valence-electron chi connectivity index (χ3n) is 5.69. The summed E-state index contributed by atoms with van der Waals surface area (Å²) in [6.07, 6.45) is 0.881. The average Bonchev–Trinajstić information content (AvgIpc) is 3.01. The van der Waals surface area contributed by atoms with Crippen LogP contribution in [-0.2, 0) is 6.42 Å². The standard InChI is InChI=1S/C24H17NO/c1-13-7-9-16-12-17-11-15-5-3-4-6-19(15)25-22(17)18-10-8-14(2)24-21(18)20(16)23(13)26-24/h3-11H,12H2,1-2H3. The Morgan fingerprint density at radius 3 is 2.46 bits per heavy atom. The number of nitrogens with zero attached hydrogens (tertiary/aromatic N) is 1. The van der Waals surface area contributed by atoms with E-state index in [0.717, 1.165) is 28.8 Å². The molecule has 0 N–H and O–H groups in total. The number of para-hydroxylation sites is 1. The van der Waals surface area contributed by atoms with Crippen LogP contribution in [0, 0.1) is 13.8 Å². The van der Waals surface area contributed by atoms with Crippen molar-refractivity contribution in [2.45, 2.75) is 20.3 Å². The molecular formula is C24H17NO. The minimum Gasteiger partial charge on any atom is -0.455 e. The fraction of sp³-hybridized carbons (Fsp3) is 0.125. The van der Waals surface area contributed by atoms with Gasteiger partial charge in [-0.3, -0.25) is 0 Å². The Morgan fingerprint density at radius 2 is 1.58 bits per heavy atom. The summed E-state index contributed by atoms with van der Waals surface area (Å²) < 4.78 is 6.35. The molecule has 0 fully saturated rings. The first-order valence-electron chi connectivity index (χ1n) is 9.04. The van der Waals surface area contributed by atoms with Gasteiger partial charge in [0.15, 0.2) is 0 Å². The zero-order valence-corrected chi connectivity index (χ0v) is 14.8. The van der Waals surface area contributed by atoms with E-state index in [-0.39, 0.29) is 0 Å². The lowest BCUT2D eigenvalue weighted by molar-refractivity contribution is 0.662. The van der Waals surface area contributed by atoms with E-state index in [2.05, 4.69) is 68.4 Å². The molecule has 0 spiro atoms. The minimum absolute atomic E-state index is 0.881. The molecule has 124 valence electrons. The quantitative estimate of drug-likeness (QED) is 0.324. The van der Waals surface area contributed by atoms with Crippen molar-refractivity contribution in [3.8, 4) is 11.3 Å². The second-order valence-corrected chi connectivity index (χ2v) is 7.35. The zero-order chi connectivity index (χ0) is 17.4. The van der Waals surface area contributed by atoms with E-state index in [4.69, 9.17) is 9.40 Å². The van der Waals surface area contributed by atoms with E-state index >= 15 is 0 Å². The van der Waals surface area contributed by atoms with Crippen LogP contribution >= 0.6 is 0 Å². The molecule has 0 unspecified atom stereocenters. The highest BCUT2D eigenvalue weighted by Crippen LogP contribution is 2.44. The first-order chi connectivity index (χ1) is 12.7. The van der Waals surface area contributed by atoms with Gasteiger partial charge < -0.3 is 4.42 Å². The van der Waals surface area contributed by atoms with Gasteiger partial charge in [-0.2, -0.15) is 0 Å². The molecule has 2 heterocycles. The largest absolute Gasteiger partial charge is 0.455 e. The van der Waals surface area contributed by atoms with Crippen molar-refractivity contribution in [1.82, 2.24) is 4.98 Å². The van der Waals surface area contributed by atoms with Gasteiger partial charge in [0.1, 0.15) is 11.2 Å². The van der Waals surface area contributed by atoms with Crippen LogP contribution in [0.4, 0.5) is 0 Å². The van der Waals surface area contributed by atoms with Crippen LogP contribution in [-0.4, -0.2) is 4.98 Å². The zero-order valence-electron chi connectivity index (χ0n) is 14.8. The molecule has 0 radical (unpaired) electrons. The highest BCUT2D eigenvalue weighted by atomic mass is 16.3. The lowest BCUT2D eigenvalue weighted by atomic mass is 9.99. The Kier molecular flexibility index (Phi) is 2.56. The number of aryl methyl sites for hydroxylation is 2. The molecule has 2 aromatic heterocycles. The van der Waals surface area contributed by atoms with Crippen LogP contribution in [0.25, 0.3) is 44.1 Å². The lowest BCUT2D eigenvalue weighted by Crippen LogP contribution is -1.95. The molecule has 0 saturated carbocycles. The molecule has 1 aliphatic carbocycles. The van der Waals surface area contributed by atoms with Gasteiger partial charge in [-0.05, 0) is 48.2 Å². The Balaban J connectivity index is 1.87. The van der Waals surface area contributed by atoms with Crippen LogP contribution < -0.4 is 0 Å². The van der Waals surface area contributed by atoms with Gasteiger partial charge in [0.05, 0.1) is 11.2 Å². The van der Waals surface area contributed by atoms with Crippen LogP contribution in [0.1, 0.15) is 22.3 Å². The first-order valence-corrected chi connectivity index (χ1v) is 9.04. The summed E-state index contributed by atoms with van der Waals surface area (Å²) in [5.41, 5.74) is 10.3. The maximum atomic E-state index is 6.35. The SMILES string of the molecule is Cc1ccc2c3c1oc1c(C)ccc(c13)-c1nc3ccccc3cc1C2. The molecular weight excluding hydrogens is 318 g/mol. The van der Waals surface area contributed by atoms with E-state index in [1.54, 1.807) is 0 Å². The highest BCUT2D eigenvalue weighted by molar-refractivity contribution is 6.16. The average molecular weight is 335 g/mol. The summed E-state index contributed by atoms with van der Waals surface area (Å²) in [6.45, 7) is 4.25. The van der Waals surface area contributed by atoms with Crippen molar-refractivity contribution in [2.24, 2.45) is 0 Å². The molecule has 1 aliphatic rings. The molecule has 0 aliphatic heterocycles. The number of furan rings is 1. The fourth-order valence-electron chi connectivity index (χ4n) is 4.38. The van der Waals surface area contributed by atoms with Gasteiger partial charge in [-0.1, -0.05) is 42.5 Å². The molecule has 5 aromatic rings. The summed E-state index contributed by atoms with van der Waals surface area (Å²) in [5.74, 6) is 0. The molecule has 26 heavy (non-hydrogen) atoms. The molecule has 3 aromatic carbocycles. The molecule has 6 rings (SSSR count). The number of fused-ring (bicyclic) bond motifs is 3. The predicted octanol–water partition coefficient (Wildman–Crippen LogP) is 6.32. The maximum Gasteiger partial charge on any atom is 0.139 e. The number of pyridine rings is 1. The summed E-state index contributed by atoms with van der Waals surface area (Å²) in [6, 6.07) is 19.5. The third-order valence-corrected chi connectivity index (χ3v) is 5.69. The predicted molar refractivity (Wildman–Crippen MR) is 107 cm³/mol. The van der Waals surface area contributed by atoms with Crippen LogP contribution in [0.2, 0.25) is 0 Å². The fourth-order valence-corrected chi connectivity index (χ4v) is 4.38. The van der Waals surface area contributed by atoms with E-state index in [9.17, 15) is 0 Å². The summed E-state index contributed by atoms with van der Waals surface area (Å²) >= 11 is 0. The highest BCUT2D eigenvalue weighted by Gasteiger charge is 2.24. The number of aromatic nitrogens is 1. The third kappa shape index (κ3) is 1.69. The van der Waals surface area contributed by atoms with Gasteiger partial charge >= 0.3 is 0 Å². The summed E-state index contributed by atoms with van der Waals surface area (Å²) in [5, 5.41) is 3.69. The van der Waals surface area contributed by atoms with Crippen molar-refractivity contribution in [3.05, 3.63) is 76.9 Å². The van der Waals surface area contributed by atoms with E-state index in [1.165, 1.54) is 44.0 Å². The Hall–Kier alpha value is -3.13. The Morgan fingerprint density at radius 1 is 0.808 bits per heavy atom. The smallest absolute Gasteiger partial charge is 0.139 e. The van der Waals surface area contributed by atoms with Crippen LogP contribution in [0.3, 0.4) is 0 Å². The van der Waals surface area contributed by atoms with E-state index in [1.807, 2.05) is 0 Å². The van der Waals surface area contributed by atoms with Crippen LogP contribution in [0.15, 0.2) is 59.0 Å². The van der Waals surface area contributed by atoms with Crippen molar-refractivity contribution >= 4 is 32.8 Å². The van der Waals surface area contributed by atoms with E-state index < -0.39 is 0 Å². The topological polar surface area (TPSA) is 26.0 Å². The minimum atomic E-state index is 0.881. The Bertz CT molecular complexity index is 1370. The normalized spacial score (nSPS) is 12.8. The van der Waals surface area contributed by atoms with Gasteiger partial charge in [-0.25, -0.2) is 4.98 Å². The van der Waals surface area contributed by atoms with Crippen molar-refractivity contribution < 1.29 is 4.42 Å². The van der Waals surface area contributed by atoms with Crippen molar-refractivity contribution in [2.75, 3.05) is 0 Å². The lowest BCUT2D eigenvalue weighted by Gasteiger charge is -2.10. The molecule has 0 amide bonds. The van der Waals surface area contributed by atoms with Gasteiger partial charge in [0.2, 0.25) is 0 Å². The Labute approximate surface area is 151 Å². The second-order valence-electron chi connectivity index (χ2n) is 7.35. The van der Waals surface area contributed by atoms with E-state index in [0.29, 0.717) is 0 Å². The number of hydrogen-bond donors (Lipinski definition) is 0. The van der Waals surface area contributed by atoms with Gasteiger partial charge in [-0.15, -0.1) is 0 Å². The first kappa shape index (κ1) is 14.1.